The molecule has 0 bridgehead atoms. The Hall–Kier alpha value is -2.15. The van der Waals surface area contributed by atoms with Crippen LogP contribution in [0.4, 0.5) is 0 Å². The highest BCUT2D eigenvalue weighted by Crippen LogP contribution is 2.23. The normalized spacial score (nSPS) is 12.1. The van der Waals surface area contributed by atoms with E-state index in [1.54, 1.807) is 18.2 Å². The molecule has 0 fully saturated rings. The lowest BCUT2D eigenvalue weighted by Gasteiger charge is -2.00. The average Bonchev–Trinajstić information content (AvgIpc) is 2.99. The summed E-state index contributed by atoms with van der Waals surface area (Å²) in [7, 11) is -3.22. The minimum atomic E-state index is -3.22. The zero-order valence-electron chi connectivity index (χ0n) is 12.1. The SMILES string of the molecule is CCn1nc(C)cc1-c1nc2ccc(S(C)(=O)=O)cc2[nH]1. The van der Waals surface area contributed by atoms with E-state index in [4.69, 9.17) is 0 Å². The highest BCUT2D eigenvalue weighted by molar-refractivity contribution is 7.90. The van der Waals surface area contributed by atoms with Crippen LogP contribution in [0.2, 0.25) is 0 Å². The van der Waals surface area contributed by atoms with Crippen LogP contribution < -0.4 is 0 Å². The minimum absolute atomic E-state index is 0.283. The largest absolute Gasteiger partial charge is 0.337 e. The zero-order chi connectivity index (χ0) is 15.2. The number of sulfone groups is 1. The maximum Gasteiger partial charge on any atom is 0.175 e. The predicted molar refractivity (Wildman–Crippen MR) is 80.8 cm³/mol. The van der Waals surface area contributed by atoms with Gasteiger partial charge in [0, 0.05) is 12.8 Å². The number of aromatic amines is 1. The lowest BCUT2D eigenvalue weighted by atomic mass is 10.3. The quantitative estimate of drug-likeness (QED) is 0.804. The summed E-state index contributed by atoms with van der Waals surface area (Å²) in [5, 5.41) is 4.39. The van der Waals surface area contributed by atoms with Crippen molar-refractivity contribution in [3.8, 4) is 11.5 Å². The first-order chi connectivity index (χ1) is 9.88. The molecule has 0 saturated heterocycles. The molecule has 0 unspecified atom stereocenters. The van der Waals surface area contributed by atoms with E-state index in [-0.39, 0.29) is 4.90 Å². The van der Waals surface area contributed by atoms with Gasteiger partial charge in [0.05, 0.1) is 21.6 Å². The van der Waals surface area contributed by atoms with Crippen molar-refractivity contribution in [2.24, 2.45) is 0 Å². The molecule has 0 radical (unpaired) electrons. The third-order valence-corrected chi connectivity index (χ3v) is 4.44. The van der Waals surface area contributed by atoms with Gasteiger partial charge in [-0.2, -0.15) is 5.10 Å². The number of hydrogen-bond donors (Lipinski definition) is 1. The van der Waals surface area contributed by atoms with Crippen molar-refractivity contribution in [2.75, 3.05) is 6.26 Å². The van der Waals surface area contributed by atoms with Crippen LogP contribution >= 0.6 is 0 Å². The van der Waals surface area contributed by atoms with Gasteiger partial charge in [-0.05, 0) is 38.1 Å². The van der Waals surface area contributed by atoms with Gasteiger partial charge in [-0.1, -0.05) is 0 Å². The molecular weight excluding hydrogens is 288 g/mol. The maximum atomic E-state index is 11.6. The summed E-state index contributed by atoms with van der Waals surface area (Å²) in [4.78, 5) is 7.98. The number of hydrogen-bond acceptors (Lipinski definition) is 4. The molecule has 2 aromatic heterocycles. The Morgan fingerprint density at radius 2 is 2.05 bits per heavy atom. The summed E-state index contributed by atoms with van der Waals surface area (Å²) >= 11 is 0. The molecule has 0 aliphatic heterocycles. The Labute approximate surface area is 122 Å². The molecule has 0 aliphatic carbocycles. The number of rotatable bonds is 3. The Morgan fingerprint density at radius 3 is 2.71 bits per heavy atom. The molecule has 110 valence electrons. The van der Waals surface area contributed by atoms with E-state index in [1.807, 2.05) is 24.6 Å². The number of fused-ring (bicyclic) bond motifs is 1. The highest BCUT2D eigenvalue weighted by Gasteiger charge is 2.13. The zero-order valence-corrected chi connectivity index (χ0v) is 12.9. The molecule has 6 nitrogen and oxygen atoms in total. The van der Waals surface area contributed by atoms with E-state index in [9.17, 15) is 8.42 Å². The summed E-state index contributed by atoms with van der Waals surface area (Å²) < 4.78 is 25.1. The molecule has 0 aliphatic rings. The minimum Gasteiger partial charge on any atom is -0.337 e. The Morgan fingerprint density at radius 1 is 1.29 bits per heavy atom. The summed E-state index contributed by atoms with van der Waals surface area (Å²) in [5.74, 6) is 0.693. The van der Waals surface area contributed by atoms with Gasteiger partial charge in [-0.15, -0.1) is 0 Å². The maximum absolute atomic E-state index is 11.6. The van der Waals surface area contributed by atoms with Crippen molar-refractivity contribution >= 4 is 20.9 Å². The number of aromatic nitrogens is 4. The fraction of sp³-hybridized carbons (Fsp3) is 0.286. The molecule has 7 heteroatoms. The summed E-state index contributed by atoms with van der Waals surface area (Å²) in [6.07, 6.45) is 1.20. The molecule has 0 atom stereocenters. The van der Waals surface area contributed by atoms with Gasteiger partial charge in [0.25, 0.3) is 0 Å². The molecule has 21 heavy (non-hydrogen) atoms. The van der Waals surface area contributed by atoms with E-state index >= 15 is 0 Å². The van der Waals surface area contributed by atoms with Crippen LogP contribution in [0.1, 0.15) is 12.6 Å². The van der Waals surface area contributed by atoms with Crippen molar-refractivity contribution in [3.63, 3.8) is 0 Å². The van der Waals surface area contributed by atoms with Gasteiger partial charge in [-0.25, -0.2) is 13.4 Å². The van der Waals surface area contributed by atoms with Gasteiger partial charge in [-0.3, -0.25) is 4.68 Å². The number of nitrogens with one attached hydrogen (secondary N) is 1. The first kappa shape index (κ1) is 13.8. The van der Waals surface area contributed by atoms with Crippen LogP contribution in [0.15, 0.2) is 29.2 Å². The smallest absolute Gasteiger partial charge is 0.175 e. The van der Waals surface area contributed by atoms with Gasteiger partial charge >= 0.3 is 0 Å². The first-order valence-electron chi connectivity index (χ1n) is 6.63. The monoisotopic (exact) mass is 304 g/mol. The molecule has 0 saturated carbocycles. The van der Waals surface area contributed by atoms with E-state index in [2.05, 4.69) is 15.1 Å². The van der Waals surface area contributed by atoms with Crippen LogP contribution in [-0.4, -0.2) is 34.4 Å². The van der Waals surface area contributed by atoms with E-state index in [0.717, 1.165) is 23.4 Å². The fourth-order valence-corrected chi connectivity index (χ4v) is 2.97. The average molecular weight is 304 g/mol. The number of aryl methyl sites for hydroxylation is 2. The van der Waals surface area contributed by atoms with Gasteiger partial charge < -0.3 is 4.98 Å². The van der Waals surface area contributed by atoms with Crippen molar-refractivity contribution in [1.29, 1.82) is 0 Å². The first-order valence-corrected chi connectivity index (χ1v) is 8.52. The lowest BCUT2D eigenvalue weighted by molar-refractivity contribution is 0.602. The summed E-state index contributed by atoms with van der Waals surface area (Å²) in [5.41, 5.74) is 3.25. The summed E-state index contributed by atoms with van der Waals surface area (Å²) in [6.45, 7) is 4.69. The number of benzene rings is 1. The molecule has 0 spiro atoms. The topological polar surface area (TPSA) is 80.6 Å². The van der Waals surface area contributed by atoms with Crippen LogP contribution in [0, 0.1) is 6.92 Å². The molecular formula is C14H16N4O2S. The third-order valence-electron chi connectivity index (χ3n) is 3.33. The van der Waals surface area contributed by atoms with E-state index < -0.39 is 9.84 Å². The van der Waals surface area contributed by atoms with Crippen molar-refractivity contribution < 1.29 is 8.42 Å². The highest BCUT2D eigenvalue weighted by atomic mass is 32.2. The Bertz CT molecular complexity index is 922. The molecule has 3 aromatic rings. The van der Waals surface area contributed by atoms with E-state index in [0.29, 0.717) is 11.3 Å². The summed E-state index contributed by atoms with van der Waals surface area (Å²) in [6, 6.07) is 6.86. The standard InChI is InChI=1S/C14H16N4O2S/c1-4-18-13(7-9(2)17-18)14-15-11-6-5-10(21(3,19)20)8-12(11)16-14/h5-8H,4H2,1-3H3,(H,15,16). The van der Waals surface area contributed by atoms with Gasteiger partial charge in [0.1, 0.15) is 5.69 Å². The number of H-pyrrole nitrogens is 1. The predicted octanol–water partition coefficient (Wildman–Crippen LogP) is 2.16. The lowest BCUT2D eigenvalue weighted by Crippen LogP contribution is -1.99. The number of nitrogens with zero attached hydrogens (tertiary/aromatic N) is 3. The van der Waals surface area contributed by atoms with Crippen LogP contribution in [0.25, 0.3) is 22.6 Å². The molecule has 1 N–H and O–H groups in total. The Kier molecular flexibility index (Phi) is 3.09. The van der Waals surface area contributed by atoms with Crippen LogP contribution in [-0.2, 0) is 16.4 Å². The van der Waals surface area contributed by atoms with Gasteiger partial charge in [0.2, 0.25) is 0 Å². The molecule has 3 rings (SSSR count). The fourth-order valence-electron chi connectivity index (χ4n) is 2.32. The third kappa shape index (κ3) is 2.44. The second-order valence-electron chi connectivity index (χ2n) is 5.02. The molecule has 0 amide bonds. The van der Waals surface area contributed by atoms with Gasteiger partial charge in [0.15, 0.2) is 15.7 Å². The Balaban J connectivity index is 2.17. The van der Waals surface area contributed by atoms with Crippen LogP contribution in [0.5, 0.6) is 0 Å². The number of imidazole rings is 1. The second-order valence-corrected chi connectivity index (χ2v) is 7.04. The van der Waals surface area contributed by atoms with E-state index in [1.165, 1.54) is 6.26 Å². The molecule has 2 heterocycles. The molecule has 1 aromatic carbocycles. The van der Waals surface area contributed by atoms with Crippen LogP contribution in [0.3, 0.4) is 0 Å². The van der Waals surface area contributed by atoms with Crippen molar-refractivity contribution in [3.05, 3.63) is 30.0 Å². The van der Waals surface area contributed by atoms with Crippen molar-refractivity contribution in [1.82, 2.24) is 19.7 Å². The second kappa shape index (κ2) is 4.70. The van der Waals surface area contributed by atoms with Crippen molar-refractivity contribution in [2.45, 2.75) is 25.3 Å².